The fourth-order valence-electron chi connectivity index (χ4n) is 3.63. The maximum Gasteiger partial charge on any atom is 0.329 e. The topological polar surface area (TPSA) is 124 Å². The van der Waals surface area contributed by atoms with Crippen molar-refractivity contribution in [3.05, 3.63) is 51.6 Å². The number of rotatable bonds is 6. The smallest absolute Gasteiger partial charge is 0.329 e. The molecule has 2 amide bonds. The van der Waals surface area contributed by atoms with Gasteiger partial charge in [-0.15, -0.1) is 0 Å². The lowest BCUT2D eigenvalue weighted by Gasteiger charge is -2.21. The summed E-state index contributed by atoms with van der Waals surface area (Å²) in [5.74, 6) is -3.24. The van der Waals surface area contributed by atoms with Crippen LogP contribution in [0.15, 0.2) is 30.4 Å². The Morgan fingerprint density at radius 3 is 2.34 bits per heavy atom. The van der Waals surface area contributed by atoms with E-state index in [2.05, 4.69) is 0 Å². The van der Waals surface area contributed by atoms with Crippen LogP contribution in [0.5, 0.6) is 0 Å². The highest BCUT2D eigenvalue weighted by Crippen LogP contribution is 2.36. The van der Waals surface area contributed by atoms with Gasteiger partial charge in [-0.1, -0.05) is 24.3 Å². The van der Waals surface area contributed by atoms with Crippen molar-refractivity contribution in [3.8, 4) is 0 Å². The van der Waals surface area contributed by atoms with E-state index in [-0.39, 0.29) is 11.3 Å². The lowest BCUT2D eigenvalue weighted by molar-refractivity contribution is -0.385. The number of nitrogens with zero attached hydrogens (tertiary/aromatic N) is 2. The van der Waals surface area contributed by atoms with Crippen LogP contribution < -0.4 is 0 Å². The lowest BCUT2D eigenvalue weighted by atomic mass is 9.85. The molecule has 1 saturated heterocycles. The molecule has 1 aliphatic heterocycles. The van der Waals surface area contributed by atoms with Gasteiger partial charge in [0.1, 0.15) is 6.04 Å². The van der Waals surface area contributed by atoms with Crippen molar-refractivity contribution in [3.63, 3.8) is 0 Å². The van der Waals surface area contributed by atoms with Crippen LogP contribution in [0.4, 0.5) is 5.69 Å². The minimum atomic E-state index is -1.15. The maximum atomic E-state index is 12.5. The number of Topliss-reactive ketones (excluding diaryl/α,β-unsaturated/α-hetero) is 1. The summed E-state index contributed by atoms with van der Waals surface area (Å²) in [5, 5.41) is 11.0. The molecular weight excluding hydrogens is 380 g/mol. The summed E-state index contributed by atoms with van der Waals surface area (Å²) < 4.78 is 4.99. The Labute approximate surface area is 166 Å². The molecule has 0 radical (unpaired) electrons. The molecule has 1 heterocycles. The van der Waals surface area contributed by atoms with Gasteiger partial charge in [-0.2, -0.15) is 0 Å². The molecule has 9 heteroatoms. The van der Waals surface area contributed by atoms with E-state index < -0.39 is 53.0 Å². The largest absolute Gasteiger partial charge is 0.456 e. The number of benzene rings is 1. The summed E-state index contributed by atoms with van der Waals surface area (Å²) in [6.45, 7) is 2.28. The van der Waals surface area contributed by atoms with Gasteiger partial charge in [0.2, 0.25) is 17.6 Å². The molecule has 0 aromatic heterocycles. The first-order valence-electron chi connectivity index (χ1n) is 9.19. The summed E-state index contributed by atoms with van der Waals surface area (Å²) in [5.41, 5.74) is 0.229. The average Bonchev–Trinajstić information content (AvgIpc) is 2.96. The molecule has 1 aromatic rings. The molecule has 2 aliphatic rings. The minimum Gasteiger partial charge on any atom is -0.456 e. The van der Waals surface area contributed by atoms with Crippen LogP contribution in [0.3, 0.4) is 0 Å². The number of likely N-dealkylation sites (tertiary alicyclic amines) is 1. The number of aryl methyl sites for hydroxylation is 1. The lowest BCUT2D eigenvalue weighted by Crippen LogP contribution is -2.44. The Morgan fingerprint density at radius 2 is 1.79 bits per heavy atom. The number of ether oxygens (including phenoxy) is 1. The SMILES string of the molecule is Cc1ccc(C(=O)COC(=O)[C@H](C)N2C(=O)[C@H]3CC=CC[C@H]3C2=O)cc1[N+](=O)[O-]. The van der Waals surface area contributed by atoms with Gasteiger partial charge in [-0.25, -0.2) is 4.79 Å². The molecule has 0 N–H and O–H groups in total. The molecule has 3 atom stereocenters. The molecule has 0 bridgehead atoms. The first kappa shape index (κ1) is 20.4. The van der Waals surface area contributed by atoms with E-state index in [0.717, 1.165) is 11.0 Å². The predicted octanol–water partition coefficient (Wildman–Crippen LogP) is 1.97. The van der Waals surface area contributed by atoms with Crippen LogP contribution in [0.1, 0.15) is 35.7 Å². The standard InChI is InChI=1S/C20H20N2O7/c1-11-7-8-13(9-16(11)22(27)28)17(23)10-29-20(26)12(2)21-18(24)14-5-3-4-6-15(14)19(21)25/h3-4,7-9,12,14-15H,5-6,10H2,1-2H3/t12-,14-,15+/m0/s1. The zero-order chi connectivity index (χ0) is 21.3. The van der Waals surface area contributed by atoms with Gasteiger partial charge >= 0.3 is 5.97 Å². The Balaban J connectivity index is 1.64. The number of ketones is 1. The third-order valence-electron chi connectivity index (χ3n) is 5.34. The number of allylic oxidation sites excluding steroid dienone is 2. The zero-order valence-electron chi connectivity index (χ0n) is 16.0. The highest BCUT2D eigenvalue weighted by molar-refractivity contribution is 6.08. The van der Waals surface area contributed by atoms with Crippen LogP contribution in [0.25, 0.3) is 0 Å². The molecule has 0 saturated carbocycles. The quantitative estimate of drug-likeness (QED) is 0.179. The van der Waals surface area contributed by atoms with E-state index in [1.807, 2.05) is 12.2 Å². The molecule has 0 unspecified atom stereocenters. The van der Waals surface area contributed by atoms with Crippen molar-refractivity contribution < 1.29 is 28.8 Å². The van der Waals surface area contributed by atoms with Gasteiger partial charge in [0.05, 0.1) is 16.8 Å². The third kappa shape index (κ3) is 3.80. The number of fused-ring (bicyclic) bond motifs is 1. The van der Waals surface area contributed by atoms with E-state index in [4.69, 9.17) is 4.74 Å². The Kier molecular flexibility index (Phi) is 5.58. The van der Waals surface area contributed by atoms with Crippen molar-refractivity contribution in [2.75, 3.05) is 6.61 Å². The van der Waals surface area contributed by atoms with Crippen LogP contribution in [0, 0.1) is 28.9 Å². The minimum absolute atomic E-state index is 0.0353. The monoisotopic (exact) mass is 400 g/mol. The highest BCUT2D eigenvalue weighted by Gasteiger charge is 2.50. The van der Waals surface area contributed by atoms with Gasteiger partial charge in [-0.05, 0) is 26.7 Å². The Hall–Kier alpha value is -3.36. The molecule has 29 heavy (non-hydrogen) atoms. The van der Waals surface area contributed by atoms with Crippen LogP contribution in [0.2, 0.25) is 0 Å². The van der Waals surface area contributed by atoms with E-state index in [1.54, 1.807) is 6.92 Å². The highest BCUT2D eigenvalue weighted by atomic mass is 16.6. The number of carbonyl (C=O) groups excluding carboxylic acids is 4. The first-order chi connectivity index (χ1) is 13.7. The van der Waals surface area contributed by atoms with Crippen LogP contribution in [-0.2, 0) is 19.1 Å². The zero-order valence-corrected chi connectivity index (χ0v) is 16.0. The van der Waals surface area contributed by atoms with Crippen LogP contribution >= 0.6 is 0 Å². The van der Waals surface area contributed by atoms with Crippen molar-refractivity contribution >= 4 is 29.3 Å². The number of imide groups is 1. The Morgan fingerprint density at radius 1 is 1.21 bits per heavy atom. The molecular formula is C20H20N2O7. The molecule has 152 valence electrons. The molecule has 1 aromatic carbocycles. The van der Waals surface area contributed by atoms with Gasteiger partial charge in [0.25, 0.3) is 5.69 Å². The van der Waals surface area contributed by atoms with Gasteiger partial charge in [0, 0.05) is 17.2 Å². The summed E-state index contributed by atoms with van der Waals surface area (Å²) >= 11 is 0. The number of esters is 1. The van der Waals surface area contributed by atoms with Crippen molar-refractivity contribution in [2.45, 2.75) is 32.7 Å². The third-order valence-corrected chi connectivity index (χ3v) is 5.34. The number of nitro benzene ring substituents is 1. The number of nitro groups is 1. The number of carbonyl (C=O) groups is 4. The fourth-order valence-corrected chi connectivity index (χ4v) is 3.63. The molecule has 9 nitrogen and oxygen atoms in total. The molecule has 1 fully saturated rings. The summed E-state index contributed by atoms with van der Waals surface area (Å²) in [6.07, 6.45) is 4.60. The van der Waals surface area contributed by atoms with E-state index >= 15 is 0 Å². The summed E-state index contributed by atoms with van der Waals surface area (Å²) in [4.78, 5) is 61.0. The van der Waals surface area contributed by atoms with Crippen molar-refractivity contribution in [1.82, 2.24) is 4.90 Å². The Bertz CT molecular complexity index is 911. The number of hydrogen-bond acceptors (Lipinski definition) is 7. The predicted molar refractivity (Wildman–Crippen MR) is 99.8 cm³/mol. The van der Waals surface area contributed by atoms with Crippen molar-refractivity contribution in [1.29, 1.82) is 0 Å². The van der Waals surface area contributed by atoms with Crippen molar-refractivity contribution in [2.24, 2.45) is 11.8 Å². The van der Waals surface area contributed by atoms with E-state index in [1.165, 1.54) is 19.1 Å². The molecule has 3 rings (SSSR count). The van der Waals surface area contributed by atoms with Gasteiger partial charge in [0.15, 0.2) is 6.61 Å². The second kappa shape index (κ2) is 7.94. The summed E-state index contributed by atoms with van der Waals surface area (Å²) in [6, 6.07) is 2.82. The maximum absolute atomic E-state index is 12.5. The number of amides is 2. The van der Waals surface area contributed by atoms with Crippen LogP contribution in [-0.4, -0.2) is 46.0 Å². The molecule has 0 spiro atoms. The number of hydrogen-bond donors (Lipinski definition) is 0. The summed E-state index contributed by atoms with van der Waals surface area (Å²) in [7, 11) is 0. The second-order valence-electron chi connectivity index (χ2n) is 7.17. The normalized spacial score (nSPS) is 21.7. The van der Waals surface area contributed by atoms with Gasteiger partial charge < -0.3 is 4.74 Å². The van der Waals surface area contributed by atoms with Gasteiger partial charge in [-0.3, -0.25) is 29.4 Å². The van der Waals surface area contributed by atoms with E-state index in [9.17, 15) is 29.3 Å². The molecule has 1 aliphatic carbocycles. The van der Waals surface area contributed by atoms with E-state index in [0.29, 0.717) is 18.4 Å². The average molecular weight is 400 g/mol. The fraction of sp³-hybridized carbons (Fsp3) is 0.400. The second-order valence-corrected chi connectivity index (χ2v) is 7.17. The first-order valence-corrected chi connectivity index (χ1v) is 9.19.